The SMILES string of the molecule is CC.Cc1ccc(CCCCC(C)(C)C)cc1. The minimum atomic E-state index is 0.493. The summed E-state index contributed by atoms with van der Waals surface area (Å²) in [5, 5.41) is 0. The van der Waals surface area contributed by atoms with E-state index in [-0.39, 0.29) is 0 Å². The molecule has 0 radical (unpaired) electrons. The summed E-state index contributed by atoms with van der Waals surface area (Å²) in [7, 11) is 0. The molecule has 0 heterocycles. The molecule has 0 unspecified atom stereocenters. The van der Waals surface area contributed by atoms with Crippen molar-refractivity contribution in [3.8, 4) is 0 Å². The van der Waals surface area contributed by atoms with Crippen molar-refractivity contribution in [3.63, 3.8) is 0 Å². The molecule has 0 aliphatic carbocycles. The summed E-state index contributed by atoms with van der Waals surface area (Å²) >= 11 is 0. The van der Waals surface area contributed by atoms with Gasteiger partial charge in [-0.25, -0.2) is 0 Å². The van der Waals surface area contributed by atoms with Crippen LogP contribution in [-0.2, 0) is 6.42 Å². The molecule has 98 valence electrons. The summed E-state index contributed by atoms with van der Waals surface area (Å²) in [5.41, 5.74) is 3.33. The first kappa shape index (κ1) is 16.2. The zero-order valence-corrected chi connectivity index (χ0v) is 12.6. The maximum Gasteiger partial charge on any atom is -0.0279 e. The molecule has 0 aliphatic rings. The van der Waals surface area contributed by atoms with E-state index < -0.39 is 0 Å². The smallest absolute Gasteiger partial charge is 0.0279 e. The van der Waals surface area contributed by atoms with E-state index in [9.17, 15) is 0 Å². The fraction of sp³-hybridized carbons (Fsp3) is 0.647. The van der Waals surface area contributed by atoms with Crippen LogP contribution in [0.1, 0.15) is 65.0 Å². The van der Waals surface area contributed by atoms with Crippen molar-refractivity contribution in [2.45, 2.75) is 67.2 Å². The van der Waals surface area contributed by atoms with Gasteiger partial charge in [0.25, 0.3) is 0 Å². The molecule has 0 amide bonds. The van der Waals surface area contributed by atoms with E-state index in [1.807, 2.05) is 13.8 Å². The van der Waals surface area contributed by atoms with Gasteiger partial charge in [0.15, 0.2) is 0 Å². The Morgan fingerprint density at radius 2 is 1.41 bits per heavy atom. The number of hydrogen-bond donors (Lipinski definition) is 0. The monoisotopic (exact) mass is 234 g/mol. The van der Waals surface area contributed by atoms with E-state index in [2.05, 4.69) is 52.0 Å². The average Bonchev–Trinajstić information content (AvgIpc) is 2.28. The van der Waals surface area contributed by atoms with Crippen molar-refractivity contribution in [1.82, 2.24) is 0 Å². The van der Waals surface area contributed by atoms with E-state index in [1.165, 1.54) is 36.8 Å². The standard InChI is InChI=1S/C15H24.C2H6/c1-13-8-10-14(11-9-13)7-5-6-12-15(2,3)4;1-2/h8-11H,5-7,12H2,1-4H3;1-2H3. The molecule has 0 bridgehead atoms. The summed E-state index contributed by atoms with van der Waals surface area (Å²) in [5.74, 6) is 0. The highest BCUT2D eigenvalue weighted by Gasteiger charge is 2.08. The summed E-state index contributed by atoms with van der Waals surface area (Å²) in [6.45, 7) is 13.1. The van der Waals surface area contributed by atoms with Crippen LogP contribution in [0.3, 0.4) is 0 Å². The lowest BCUT2D eigenvalue weighted by molar-refractivity contribution is 0.360. The van der Waals surface area contributed by atoms with Crippen LogP contribution in [0.4, 0.5) is 0 Å². The highest BCUT2D eigenvalue weighted by Crippen LogP contribution is 2.22. The molecule has 0 nitrogen and oxygen atoms in total. The van der Waals surface area contributed by atoms with Crippen molar-refractivity contribution in [2.75, 3.05) is 0 Å². The molecule has 1 aromatic carbocycles. The van der Waals surface area contributed by atoms with Gasteiger partial charge in [0, 0.05) is 0 Å². The third-order valence-corrected chi connectivity index (χ3v) is 2.76. The van der Waals surface area contributed by atoms with Gasteiger partial charge in [-0.05, 0) is 37.2 Å². The highest BCUT2D eigenvalue weighted by atomic mass is 14.1. The van der Waals surface area contributed by atoms with E-state index in [0.717, 1.165) is 0 Å². The van der Waals surface area contributed by atoms with Crippen LogP contribution >= 0.6 is 0 Å². The Hall–Kier alpha value is -0.780. The van der Waals surface area contributed by atoms with Gasteiger partial charge in [0.2, 0.25) is 0 Å². The van der Waals surface area contributed by atoms with E-state index in [0.29, 0.717) is 5.41 Å². The molecule has 17 heavy (non-hydrogen) atoms. The Labute approximate surface area is 108 Å². The first-order chi connectivity index (χ1) is 7.97. The van der Waals surface area contributed by atoms with Crippen LogP contribution in [0.15, 0.2) is 24.3 Å². The molecular weight excluding hydrogens is 204 g/mol. The molecule has 0 saturated heterocycles. The van der Waals surface area contributed by atoms with Gasteiger partial charge in [-0.1, -0.05) is 70.9 Å². The second-order valence-corrected chi connectivity index (χ2v) is 5.75. The molecule has 0 N–H and O–H groups in total. The number of benzene rings is 1. The molecule has 0 fully saturated rings. The molecule has 0 heteroatoms. The molecule has 0 aliphatic heterocycles. The molecule has 0 saturated carbocycles. The van der Waals surface area contributed by atoms with Crippen LogP contribution in [0.5, 0.6) is 0 Å². The lowest BCUT2D eigenvalue weighted by Gasteiger charge is -2.17. The Bertz CT molecular complexity index is 274. The van der Waals surface area contributed by atoms with E-state index >= 15 is 0 Å². The average molecular weight is 234 g/mol. The molecule has 1 aromatic rings. The third-order valence-electron chi connectivity index (χ3n) is 2.76. The molecule has 0 spiro atoms. The highest BCUT2D eigenvalue weighted by molar-refractivity contribution is 5.21. The summed E-state index contributed by atoms with van der Waals surface area (Å²) in [4.78, 5) is 0. The molecular formula is C17H30. The van der Waals surface area contributed by atoms with Crippen LogP contribution < -0.4 is 0 Å². The Kier molecular flexibility index (Phi) is 7.95. The zero-order valence-electron chi connectivity index (χ0n) is 12.6. The summed E-state index contributed by atoms with van der Waals surface area (Å²) in [6, 6.07) is 8.93. The third kappa shape index (κ3) is 8.97. The Morgan fingerprint density at radius 1 is 0.882 bits per heavy atom. The van der Waals surface area contributed by atoms with Gasteiger partial charge in [-0.3, -0.25) is 0 Å². The number of rotatable bonds is 4. The van der Waals surface area contributed by atoms with Crippen molar-refractivity contribution in [3.05, 3.63) is 35.4 Å². The largest absolute Gasteiger partial charge is 0.0683 e. The zero-order chi connectivity index (χ0) is 13.3. The summed E-state index contributed by atoms with van der Waals surface area (Å²) < 4.78 is 0. The Balaban J connectivity index is 0.00000121. The van der Waals surface area contributed by atoms with Crippen molar-refractivity contribution in [2.24, 2.45) is 5.41 Å². The Morgan fingerprint density at radius 3 is 1.88 bits per heavy atom. The van der Waals surface area contributed by atoms with Crippen LogP contribution in [0, 0.1) is 12.3 Å². The number of hydrogen-bond acceptors (Lipinski definition) is 0. The lowest BCUT2D eigenvalue weighted by atomic mass is 9.89. The van der Waals surface area contributed by atoms with Gasteiger partial charge in [-0.2, -0.15) is 0 Å². The van der Waals surface area contributed by atoms with Gasteiger partial charge in [0.05, 0.1) is 0 Å². The fourth-order valence-corrected chi connectivity index (χ4v) is 1.74. The van der Waals surface area contributed by atoms with Crippen LogP contribution in [0.2, 0.25) is 0 Å². The first-order valence-electron chi connectivity index (χ1n) is 7.03. The van der Waals surface area contributed by atoms with Gasteiger partial charge in [-0.15, -0.1) is 0 Å². The van der Waals surface area contributed by atoms with Crippen molar-refractivity contribution >= 4 is 0 Å². The summed E-state index contributed by atoms with van der Waals surface area (Å²) in [6.07, 6.45) is 5.23. The van der Waals surface area contributed by atoms with Crippen LogP contribution in [0.25, 0.3) is 0 Å². The van der Waals surface area contributed by atoms with Gasteiger partial charge in [0.1, 0.15) is 0 Å². The minimum absolute atomic E-state index is 0.493. The molecule has 1 rings (SSSR count). The lowest BCUT2D eigenvalue weighted by Crippen LogP contribution is -2.04. The second kappa shape index (κ2) is 8.33. The maximum atomic E-state index is 2.32. The molecule has 0 atom stereocenters. The molecule has 0 aromatic heterocycles. The number of aryl methyl sites for hydroxylation is 2. The van der Waals surface area contributed by atoms with Crippen molar-refractivity contribution < 1.29 is 0 Å². The van der Waals surface area contributed by atoms with Crippen LogP contribution in [-0.4, -0.2) is 0 Å². The van der Waals surface area contributed by atoms with E-state index in [1.54, 1.807) is 0 Å². The number of unbranched alkanes of at least 4 members (excludes halogenated alkanes) is 1. The topological polar surface area (TPSA) is 0 Å². The fourth-order valence-electron chi connectivity index (χ4n) is 1.74. The van der Waals surface area contributed by atoms with Gasteiger partial charge < -0.3 is 0 Å². The van der Waals surface area contributed by atoms with E-state index in [4.69, 9.17) is 0 Å². The quantitative estimate of drug-likeness (QED) is 0.579. The maximum absolute atomic E-state index is 2.32. The first-order valence-corrected chi connectivity index (χ1v) is 7.03. The normalized spacial score (nSPS) is 10.7. The van der Waals surface area contributed by atoms with Crippen molar-refractivity contribution in [1.29, 1.82) is 0 Å². The van der Waals surface area contributed by atoms with Gasteiger partial charge >= 0.3 is 0 Å². The predicted octanol–water partition coefficient (Wildman–Crippen LogP) is 5.78. The minimum Gasteiger partial charge on any atom is -0.0683 e. The second-order valence-electron chi connectivity index (χ2n) is 5.75. The predicted molar refractivity (Wildman–Crippen MR) is 79.5 cm³/mol.